The summed E-state index contributed by atoms with van der Waals surface area (Å²) in [6.07, 6.45) is 2.50. The van der Waals surface area contributed by atoms with E-state index in [1.807, 2.05) is 0 Å². The van der Waals surface area contributed by atoms with Crippen LogP contribution in [0.25, 0.3) is 0 Å². The van der Waals surface area contributed by atoms with Gasteiger partial charge in [0.25, 0.3) is 0 Å². The lowest BCUT2D eigenvalue weighted by atomic mass is 10.1. The van der Waals surface area contributed by atoms with E-state index in [2.05, 4.69) is 34.4 Å². The number of hydrogen-bond acceptors (Lipinski definition) is 4. The van der Waals surface area contributed by atoms with Crippen LogP contribution in [-0.2, 0) is 9.47 Å². The van der Waals surface area contributed by atoms with Crippen molar-refractivity contribution in [2.75, 3.05) is 54.1 Å². The highest BCUT2D eigenvalue weighted by Gasteiger charge is 2.24. The third-order valence-corrected chi connectivity index (χ3v) is 4.04. The average Bonchev–Trinajstić information content (AvgIpc) is 2.92. The lowest BCUT2D eigenvalue weighted by molar-refractivity contribution is 0.0268. The van der Waals surface area contributed by atoms with Crippen LogP contribution in [0.5, 0.6) is 0 Å². The van der Waals surface area contributed by atoms with Crippen molar-refractivity contribution in [3.05, 3.63) is 0 Å². The number of nitrogens with zero attached hydrogens (tertiary/aromatic N) is 2. The average molecular weight is 300 g/mol. The molecule has 1 aliphatic heterocycles. The maximum absolute atomic E-state index is 5.40. The zero-order chi connectivity index (χ0) is 15.7. The Hall–Kier alpha value is -0.850. The molecule has 2 N–H and O–H groups in total. The molecule has 0 radical (unpaired) electrons. The summed E-state index contributed by atoms with van der Waals surface area (Å²) >= 11 is 0. The summed E-state index contributed by atoms with van der Waals surface area (Å²) in [4.78, 5) is 6.76. The summed E-state index contributed by atoms with van der Waals surface area (Å²) in [6, 6.07) is 0.564. The van der Waals surface area contributed by atoms with E-state index in [1.54, 1.807) is 21.3 Å². The maximum Gasteiger partial charge on any atom is 0.191 e. The molecule has 0 spiro atoms. The molecule has 1 atom stereocenters. The Morgan fingerprint density at radius 2 is 2.10 bits per heavy atom. The number of ether oxygens (including phenoxy) is 2. The van der Waals surface area contributed by atoms with Crippen molar-refractivity contribution in [3.63, 3.8) is 0 Å². The van der Waals surface area contributed by atoms with E-state index in [9.17, 15) is 0 Å². The Morgan fingerprint density at radius 1 is 1.33 bits per heavy atom. The second kappa shape index (κ2) is 9.23. The van der Waals surface area contributed by atoms with E-state index in [-0.39, 0.29) is 5.60 Å². The van der Waals surface area contributed by atoms with Crippen molar-refractivity contribution >= 4 is 5.96 Å². The molecule has 124 valence electrons. The smallest absolute Gasteiger partial charge is 0.191 e. The molecule has 0 aromatic carbocycles. The van der Waals surface area contributed by atoms with E-state index in [0.717, 1.165) is 32.2 Å². The fraction of sp³-hybridized carbons (Fsp3) is 0.933. The highest BCUT2D eigenvalue weighted by Crippen LogP contribution is 2.15. The minimum atomic E-state index is -0.199. The molecule has 0 amide bonds. The normalized spacial score (nSPS) is 20.8. The Bertz CT molecular complexity index is 321. The van der Waals surface area contributed by atoms with Gasteiger partial charge < -0.3 is 20.1 Å². The van der Waals surface area contributed by atoms with Crippen LogP contribution in [0.1, 0.15) is 26.7 Å². The molecule has 1 rings (SSSR count). The van der Waals surface area contributed by atoms with Gasteiger partial charge in [0.05, 0.1) is 12.2 Å². The summed E-state index contributed by atoms with van der Waals surface area (Å²) < 4.78 is 10.6. The van der Waals surface area contributed by atoms with E-state index in [0.29, 0.717) is 6.04 Å². The van der Waals surface area contributed by atoms with Crippen molar-refractivity contribution < 1.29 is 9.47 Å². The molecule has 0 bridgehead atoms. The highest BCUT2D eigenvalue weighted by atomic mass is 16.5. The van der Waals surface area contributed by atoms with Gasteiger partial charge in [-0.2, -0.15) is 0 Å². The lowest BCUT2D eigenvalue weighted by Crippen LogP contribution is -2.48. The van der Waals surface area contributed by atoms with E-state index in [4.69, 9.17) is 9.47 Å². The Morgan fingerprint density at radius 3 is 2.71 bits per heavy atom. The number of methoxy groups -OCH3 is 2. The molecular formula is C15H32N4O2. The highest BCUT2D eigenvalue weighted by molar-refractivity contribution is 5.79. The van der Waals surface area contributed by atoms with Gasteiger partial charge in [-0.3, -0.25) is 9.89 Å². The molecule has 1 aliphatic rings. The van der Waals surface area contributed by atoms with Gasteiger partial charge in [-0.15, -0.1) is 0 Å². The molecule has 6 nitrogen and oxygen atoms in total. The minimum Gasteiger partial charge on any atom is -0.383 e. The second-order valence-electron chi connectivity index (χ2n) is 6.10. The molecule has 6 heteroatoms. The number of aliphatic imine (C=N–C) groups is 1. The van der Waals surface area contributed by atoms with E-state index in [1.165, 1.54) is 19.4 Å². The van der Waals surface area contributed by atoms with Crippen LogP contribution in [0.15, 0.2) is 4.99 Å². The maximum atomic E-state index is 5.40. The fourth-order valence-corrected chi connectivity index (χ4v) is 2.43. The molecule has 1 heterocycles. The van der Waals surface area contributed by atoms with Gasteiger partial charge in [-0.1, -0.05) is 0 Å². The first kappa shape index (κ1) is 18.2. The summed E-state index contributed by atoms with van der Waals surface area (Å²) in [5.74, 6) is 0.832. The summed E-state index contributed by atoms with van der Waals surface area (Å²) in [7, 11) is 5.28. The monoisotopic (exact) mass is 300 g/mol. The Kier molecular flexibility index (Phi) is 8.00. The number of likely N-dealkylation sites (tertiary alicyclic amines) is 1. The number of guanidine groups is 1. The van der Waals surface area contributed by atoms with Crippen LogP contribution in [0.3, 0.4) is 0 Å². The van der Waals surface area contributed by atoms with Crippen molar-refractivity contribution in [2.24, 2.45) is 4.99 Å². The first-order valence-corrected chi connectivity index (χ1v) is 7.75. The topological polar surface area (TPSA) is 58.1 Å². The summed E-state index contributed by atoms with van der Waals surface area (Å²) in [5.41, 5.74) is -0.199. The predicted octanol–water partition coefficient (Wildman–Crippen LogP) is 0.687. The quantitative estimate of drug-likeness (QED) is 0.510. The fourth-order valence-electron chi connectivity index (χ4n) is 2.43. The number of rotatable bonds is 8. The summed E-state index contributed by atoms with van der Waals surface area (Å²) in [5, 5.41) is 6.73. The molecule has 0 aliphatic carbocycles. The standard InChI is InChI=1S/C15H32N4O2/c1-15(2,21-5)12-18-14(16-3)17-11-13-7-6-8-19(13)9-10-20-4/h13H,6-12H2,1-5H3,(H2,16,17,18). The lowest BCUT2D eigenvalue weighted by Gasteiger charge is -2.27. The molecular weight excluding hydrogens is 268 g/mol. The van der Waals surface area contributed by atoms with Crippen LogP contribution in [0.2, 0.25) is 0 Å². The molecule has 21 heavy (non-hydrogen) atoms. The van der Waals surface area contributed by atoms with Gasteiger partial charge >= 0.3 is 0 Å². The zero-order valence-corrected chi connectivity index (χ0v) is 14.2. The van der Waals surface area contributed by atoms with Gasteiger partial charge in [-0.05, 0) is 33.2 Å². The summed E-state index contributed by atoms with van der Waals surface area (Å²) in [6.45, 7) is 8.71. The first-order chi connectivity index (χ1) is 10.0. The second-order valence-corrected chi connectivity index (χ2v) is 6.10. The van der Waals surface area contributed by atoms with Crippen LogP contribution in [0.4, 0.5) is 0 Å². The van der Waals surface area contributed by atoms with Crippen LogP contribution < -0.4 is 10.6 Å². The zero-order valence-electron chi connectivity index (χ0n) is 14.2. The van der Waals surface area contributed by atoms with Crippen LogP contribution >= 0.6 is 0 Å². The molecule has 0 aromatic heterocycles. The Balaban J connectivity index is 2.34. The Labute approximate surface area is 129 Å². The largest absolute Gasteiger partial charge is 0.383 e. The van der Waals surface area contributed by atoms with E-state index >= 15 is 0 Å². The first-order valence-electron chi connectivity index (χ1n) is 7.75. The van der Waals surface area contributed by atoms with E-state index < -0.39 is 0 Å². The third kappa shape index (κ3) is 6.63. The van der Waals surface area contributed by atoms with Crippen molar-refractivity contribution in [3.8, 4) is 0 Å². The molecule has 1 fully saturated rings. The predicted molar refractivity (Wildman–Crippen MR) is 86.9 cm³/mol. The van der Waals surface area contributed by atoms with Crippen molar-refractivity contribution in [2.45, 2.75) is 38.3 Å². The SMILES string of the molecule is CN=C(NCC1CCCN1CCOC)NCC(C)(C)OC. The van der Waals surface area contributed by atoms with Crippen LogP contribution in [0, 0.1) is 0 Å². The van der Waals surface area contributed by atoms with Crippen molar-refractivity contribution in [1.29, 1.82) is 0 Å². The molecule has 1 unspecified atom stereocenters. The molecule has 1 saturated heterocycles. The van der Waals surface area contributed by atoms with Gasteiger partial charge in [-0.25, -0.2) is 0 Å². The van der Waals surface area contributed by atoms with Gasteiger partial charge in [0.2, 0.25) is 0 Å². The number of nitrogens with one attached hydrogen (secondary N) is 2. The van der Waals surface area contributed by atoms with Crippen LogP contribution in [-0.4, -0.2) is 76.6 Å². The minimum absolute atomic E-state index is 0.199. The van der Waals surface area contributed by atoms with Gasteiger partial charge in [0.15, 0.2) is 5.96 Å². The number of hydrogen-bond donors (Lipinski definition) is 2. The van der Waals surface area contributed by atoms with Crippen molar-refractivity contribution in [1.82, 2.24) is 15.5 Å². The molecule has 0 saturated carbocycles. The molecule has 0 aromatic rings. The third-order valence-electron chi connectivity index (χ3n) is 4.04. The van der Waals surface area contributed by atoms with Gasteiger partial charge in [0, 0.05) is 46.9 Å². The van der Waals surface area contributed by atoms with Gasteiger partial charge in [0.1, 0.15) is 0 Å².